The molecule has 0 saturated carbocycles. The fraction of sp³-hybridized carbons (Fsp3) is 0.438. The van der Waals surface area contributed by atoms with E-state index in [1.165, 1.54) is 12.1 Å². The first-order chi connectivity index (χ1) is 10.9. The SMILES string of the molecule is CCOC(=O)/C(=C(\N1CCOCC1)C(F)(F)F)c1ccccc1. The Kier molecular flexibility index (Phi) is 5.65. The Labute approximate surface area is 132 Å². The van der Waals surface area contributed by atoms with Crippen molar-refractivity contribution in [3.05, 3.63) is 41.6 Å². The highest BCUT2D eigenvalue weighted by molar-refractivity contribution is 6.17. The van der Waals surface area contributed by atoms with Gasteiger partial charge in [-0.05, 0) is 12.5 Å². The van der Waals surface area contributed by atoms with Gasteiger partial charge in [0.25, 0.3) is 0 Å². The predicted octanol–water partition coefficient (Wildman–Crippen LogP) is 2.86. The molecule has 0 bridgehead atoms. The number of alkyl halides is 3. The molecule has 0 amide bonds. The van der Waals surface area contributed by atoms with Crippen LogP contribution in [-0.2, 0) is 14.3 Å². The summed E-state index contributed by atoms with van der Waals surface area (Å²) in [4.78, 5) is 13.4. The van der Waals surface area contributed by atoms with Gasteiger partial charge in [-0.15, -0.1) is 0 Å². The molecule has 0 N–H and O–H groups in total. The Morgan fingerprint density at radius 3 is 2.35 bits per heavy atom. The summed E-state index contributed by atoms with van der Waals surface area (Å²) in [6.07, 6.45) is -4.67. The number of allylic oxidation sites excluding steroid dienone is 1. The van der Waals surface area contributed by atoms with Crippen molar-refractivity contribution in [2.24, 2.45) is 0 Å². The maximum Gasteiger partial charge on any atom is 0.431 e. The Balaban J connectivity index is 2.60. The summed E-state index contributed by atoms with van der Waals surface area (Å²) < 4.78 is 51.1. The van der Waals surface area contributed by atoms with E-state index in [2.05, 4.69) is 0 Å². The Morgan fingerprint density at radius 2 is 1.83 bits per heavy atom. The summed E-state index contributed by atoms with van der Waals surface area (Å²) in [5.74, 6) is -0.975. The summed E-state index contributed by atoms with van der Waals surface area (Å²) in [6, 6.07) is 7.79. The third kappa shape index (κ3) is 4.25. The second-order valence-electron chi connectivity index (χ2n) is 4.91. The first-order valence-electron chi connectivity index (χ1n) is 7.32. The van der Waals surface area contributed by atoms with Crippen molar-refractivity contribution >= 4 is 11.5 Å². The number of morpholine rings is 1. The fourth-order valence-corrected chi connectivity index (χ4v) is 2.43. The molecule has 0 unspecified atom stereocenters. The third-order valence-electron chi connectivity index (χ3n) is 3.37. The lowest BCUT2D eigenvalue weighted by Crippen LogP contribution is -2.41. The number of nitrogens with zero attached hydrogens (tertiary/aromatic N) is 1. The van der Waals surface area contributed by atoms with Gasteiger partial charge in [0.2, 0.25) is 0 Å². The maximum atomic E-state index is 13.7. The van der Waals surface area contributed by atoms with E-state index >= 15 is 0 Å². The number of carbonyl (C=O) groups excluding carboxylic acids is 1. The van der Waals surface area contributed by atoms with Gasteiger partial charge in [-0.1, -0.05) is 30.3 Å². The highest BCUT2D eigenvalue weighted by Crippen LogP contribution is 2.36. The second-order valence-corrected chi connectivity index (χ2v) is 4.91. The smallest absolute Gasteiger partial charge is 0.431 e. The third-order valence-corrected chi connectivity index (χ3v) is 3.37. The maximum absolute atomic E-state index is 13.7. The van der Waals surface area contributed by atoms with Gasteiger partial charge in [-0.2, -0.15) is 13.2 Å². The van der Waals surface area contributed by atoms with E-state index in [1.807, 2.05) is 0 Å². The monoisotopic (exact) mass is 329 g/mol. The van der Waals surface area contributed by atoms with Crippen LogP contribution in [0.5, 0.6) is 0 Å². The highest BCUT2D eigenvalue weighted by atomic mass is 19.4. The standard InChI is InChI=1S/C16H18F3NO3/c1-2-23-15(21)13(12-6-4-3-5-7-12)14(16(17,18)19)20-8-10-22-11-9-20/h3-7H,2,8-11H2,1H3/b14-13-. The number of benzene rings is 1. The van der Waals surface area contributed by atoms with E-state index in [9.17, 15) is 18.0 Å². The number of hydrogen-bond acceptors (Lipinski definition) is 4. The Morgan fingerprint density at radius 1 is 1.22 bits per heavy atom. The van der Waals surface area contributed by atoms with E-state index in [1.54, 1.807) is 25.1 Å². The summed E-state index contributed by atoms with van der Waals surface area (Å²) in [5, 5.41) is 0. The van der Waals surface area contributed by atoms with Gasteiger partial charge in [0.15, 0.2) is 0 Å². The molecule has 0 aliphatic carbocycles. The summed E-state index contributed by atoms with van der Waals surface area (Å²) in [5.41, 5.74) is -1.24. The van der Waals surface area contributed by atoms with E-state index in [-0.39, 0.29) is 38.5 Å². The van der Waals surface area contributed by atoms with Crippen LogP contribution in [0, 0.1) is 0 Å². The molecule has 0 aromatic heterocycles. The normalized spacial score (nSPS) is 16.8. The second kappa shape index (κ2) is 7.50. The van der Waals surface area contributed by atoms with Crippen molar-refractivity contribution in [2.75, 3.05) is 32.9 Å². The quantitative estimate of drug-likeness (QED) is 0.629. The molecule has 1 aliphatic heterocycles. The first-order valence-corrected chi connectivity index (χ1v) is 7.32. The van der Waals surface area contributed by atoms with E-state index in [4.69, 9.17) is 9.47 Å². The van der Waals surface area contributed by atoms with Crippen LogP contribution >= 0.6 is 0 Å². The number of carbonyl (C=O) groups is 1. The molecule has 0 atom stereocenters. The van der Waals surface area contributed by atoms with Crippen molar-refractivity contribution in [1.82, 2.24) is 4.90 Å². The molecule has 23 heavy (non-hydrogen) atoms. The molecular weight excluding hydrogens is 311 g/mol. The molecule has 1 heterocycles. The molecule has 126 valence electrons. The van der Waals surface area contributed by atoms with Gasteiger partial charge in [-0.3, -0.25) is 0 Å². The minimum atomic E-state index is -4.67. The first kappa shape index (κ1) is 17.3. The molecule has 1 aromatic rings. The van der Waals surface area contributed by atoms with Gasteiger partial charge in [-0.25, -0.2) is 4.79 Å². The van der Waals surface area contributed by atoms with Crippen molar-refractivity contribution in [1.29, 1.82) is 0 Å². The summed E-state index contributed by atoms with van der Waals surface area (Å²) >= 11 is 0. The van der Waals surface area contributed by atoms with Crippen LogP contribution in [-0.4, -0.2) is 50.0 Å². The summed E-state index contributed by atoms with van der Waals surface area (Å²) in [7, 11) is 0. The van der Waals surface area contributed by atoms with Crippen LogP contribution in [0.3, 0.4) is 0 Å². The lowest BCUT2D eigenvalue weighted by Gasteiger charge is -2.33. The molecular formula is C16H18F3NO3. The molecule has 1 saturated heterocycles. The number of hydrogen-bond donors (Lipinski definition) is 0. The zero-order valence-electron chi connectivity index (χ0n) is 12.7. The zero-order chi connectivity index (χ0) is 16.9. The molecule has 0 radical (unpaired) electrons. The van der Waals surface area contributed by atoms with Crippen LogP contribution in [0.25, 0.3) is 5.57 Å². The largest absolute Gasteiger partial charge is 0.462 e. The minimum Gasteiger partial charge on any atom is -0.462 e. The summed E-state index contributed by atoms with van der Waals surface area (Å²) in [6.45, 7) is 2.08. The minimum absolute atomic E-state index is 0.00339. The molecule has 1 aromatic carbocycles. The van der Waals surface area contributed by atoms with E-state index < -0.39 is 23.4 Å². The number of halogens is 3. The van der Waals surface area contributed by atoms with Crippen molar-refractivity contribution in [3.8, 4) is 0 Å². The molecule has 0 spiro atoms. The van der Waals surface area contributed by atoms with Crippen LogP contribution < -0.4 is 0 Å². The number of ether oxygens (including phenoxy) is 2. The van der Waals surface area contributed by atoms with E-state index in [0.29, 0.717) is 0 Å². The van der Waals surface area contributed by atoms with Crippen molar-refractivity contribution < 1.29 is 27.4 Å². The van der Waals surface area contributed by atoms with Crippen LogP contribution in [0.2, 0.25) is 0 Å². The van der Waals surface area contributed by atoms with Gasteiger partial charge >= 0.3 is 12.1 Å². The lowest BCUT2D eigenvalue weighted by molar-refractivity contribution is -0.138. The van der Waals surface area contributed by atoms with Crippen LogP contribution in [0.15, 0.2) is 36.0 Å². The van der Waals surface area contributed by atoms with Crippen molar-refractivity contribution in [2.45, 2.75) is 13.1 Å². The average molecular weight is 329 g/mol. The zero-order valence-corrected chi connectivity index (χ0v) is 12.7. The van der Waals surface area contributed by atoms with Crippen LogP contribution in [0.1, 0.15) is 12.5 Å². The Hall–Kier alpha value is -2.02. The van der Waals surface area contributed by atoms with Gasteiger partial charge in [0.05, 0.1) is 25.4 Å². The molecule has 2 rings (SSSR count). The Bertz CT molecular complexity index is 564. The van der Waals surface area contributed by atoms with Crippen LogP contribution in [0.4, 0.5) is 13.2 Å². The number of rotatable bonds is 4. The molecule has 1 fully saturated rings. The average Bonchev–Trinajstić information content (AvgIpc) is 2.53. The molecule has 1 aliphatic rings. The topological polar surface area (TPSA) is 38.8 Å². The van der Waals surface area contributed by atoms with Gasteiger partial charge in [0.1, 0.15) is 5.70 Å². The number of esters is 1. The molecule has 4 nitrogen and oxygen atoms in total. The fourth-order valence-electron chi connectivity index (χ4n) is 2.43. The van der Waals surface area contributed by atoms with Gasteiger partial charge < -0.3 is 14.4 Å². The lowest BCUT2D eigenvalue weighted by atomic mass is 10.0. The van der Waals surface area contributed by atoms with E-state index in [0.717, 1.165) is 4.90 Å². The highest BCUT2D eigenvalue weighted by Gasteiger charge is 2.43. The van der Waals surface area contributed by atoms with Crippen molar-refractivity contribution in [3.63, 3.8) is 0 Å². The predicted molar refractivity (Wildman–Crippen MR) is 78.4 cm³/mol. The van der Waals surface area contributed by atoms with Gasteiger partial charge in [0, 0.05) is 13.1 Å². The molecule has 7 heteroatoms.